The van der Waals surface area contributed by atoms with Gasteiger partial charge in [-0.1, -0.05) is 36.0 Å². The first-order valence-electron chi connectivity index (χ1n) is 13.0. The van der Waals surface area contributed by atoms with E-state index in [1.165, 1.54) is 21.6 Å². The van der Waals surface area contributed by atoms with Gasteiger partial charge in [0.25, 0.3) is 0 Å². The lowest BCUT2D eigenvalue weighted by molar-refractivity contribution is 0.204. The molecule has 2 fully saturated rings. The molecule has 2 saturated heterocycles. The van der Waals surface area contributed by atoms with Gasteiger partial charge in [-0.25, -0.2) is 9.78 Å². The fourth-order valence-electron chi connectivity index (χ4n) is 5.17. The van der Waals surface area contributed by atoms with E-state index in [1.807, 2.05) is 35.4 Å². The van der Waals surface area contributed by atoms with Crippen LogP contribution in [0.2, 0.25) is 0 Å². The average Bonchev–Trinajstić information content (AvgIpc) is 2.92. The van der Waals surface area contributed by atoms with Crippen molar-refractivity contribution in [1.82, 2.24) is 14.8 Å². The quantitative estimate of drug-likeness (QED) is 0.407. The number of carbonyl (C=O) groups is 1. The van der Waals surface area contributed by atoms with Crippen LogP contribution < -0.4 is 5.32 Å². The van der Waals surface area contributed by atoms with Gasteiger partial charge < -0.3 is 10.2 Å². The number of likely N-dealkylation sites (tertiary alicyclic amines) is 2. The number of aryl methyl sites for hydroxylation is 1. The Morgan fingerprint density at radius 2 is 1.78 bits per heavy atom. The zero-order valence-electron chi connectivity index (χ0n) is 21.0. The van der Waals surface area contributed by atoms with Crippen LogP contribution in [0.15, 0.2) is 76.8 Å². The van der Waals surface area contributed by atoms with E-state index in [9.17, 15) is 4.79 Å². The Morgan fingerprint density at radius 1 is 1.00 bits per heavy atom. The van der Waals surface area contributed by atoms with E-state index in [-0.39, 0.29) is 6.03 Å². The summed E-state index contributed by atoms with van der Waals surface area (Å²) < 4.78 is 0. The highest BCUT2D eigenvalue weighted by Crippen LogP contribution is 2.33. The predicted octanol–water partition coefficient (Wildman–Crippen LogP) is 6.75. The number of pyridine rings is 1. The summed E-state index contributed by atoms with van der Waals surface area (Å²) in [4.78, 5) is 22.8. The Balaban J connectivity index is 1.14. The number of hydrogen-bond donors (Lipinski definition) is 1. The van der Waals surface area contributed by atoms with Crippen molar-refractivity contribution < 1.29 is 4.79 Å². The Bertz CT molecular complexity index is 1140. The molecule has 0 aliphatic carbocycles. The second-order valence-corrected chi connectivity index (χ2v) is 10.9. The molecule has 0 bridgehead atoms. The first kappa shape index (κ1) is 24.8. The minimum Gasteiger partial charge on any atom is -0.325 e. The summed E-state index contributed by atoms with van der Waals surface area (Å²) in [5, 5.41) is 4.16. The fraction of sp³-hybridized carbons (Fsp3) is 0.367. The molecule has 5 nitrogen and oxygen atoms in total. The van der Waals surface area contributed by atoms with E-state index >= 15 is 0 Å². The molecule has 0 unspecified atom stereocenters. The molecule has 5 rings (SSSR count). The van der Waals surface area contributed by atoms with Crippen molar-refractivity contribution in [2.45, 2.75) is 55.0 Å². The van der Waals surface area contributed by atoms with Crippen LogP contribution in [0.4, 0.5) is 10.5 Å². The molecule has 1 N–H and O–H groups in total. The fourth-order valence-corrected chi connectivity index (χ4v) is 5.94. The summed E-state index contributed by atoms with van der Waals surface area (Å²) in [6.07, 6.45) is 8.36. The number of hydrogen-bond acceptors (Lipinski definition) is 4. The van der Waals surface area contributed by atoms with Crippen LogP contribution in [-0.2, 0) is 6.54 Å². The second-order valence-electron chi connectivity index (χ2n) is 9.82. The molecule has 3 aromatic rings. The van der Waals surface area contributed by atoms with Crippen LogP contribution in [-0.4, -0.2) is 47.0 Å². The Morgan fingerprint density at radius 3 is 2.50 bits per heavy atom. The number of piperidine rings is 2. The Hall–Kier alpha value is -2.83. The minimum absolute atomic E-state index is 0.0252. The van der Waals surface area contributed by atoms with Crippen molar-refractivity contribution in [2.75, 3.05) is 31.5 Å². The number of amides is 2. The lowest BCUT2D eigenvalue weighted by Crippen LogP contribution is -2.38. The van der Waals surface area contributed by atoms with Gasteiger partial charge in [-0.05, 0) is 111 Å². The van der Waals surface area contributed by atoms with E-state index in [1.54, 1.807) is 11.8 Å². The van der Waals surface area contributed by atoms with Crippen molar-refractivity contribution in [3.05, 3.63) is 90.0 Å². The van der Waals surface area contributed by atoms with Gasteiger partial charge in [-0.15, -0.1) is 0 Å². The maximum absolute atomic E-state index is 12.7. The maximum Gasteiger partial charge on any atom is 0.321 e. The van der Waals surface area contributed by atoms with Gasteiger partial charge in [0, 0.05) is 36.4 Å². The van der Waals surface area contributed by atoms with Crippen molar-refractivity contribution in [2.24, 2.45) is 0 Å². The van der Waals surface area contributed by atoms with E-state index in [0.717, 1.165) is 69.1 Å². The summed E-state index contributed by atoms with van der Waals surface area (Å²) in [7, 11) is 0. The molecule has 2 aromatic carbocycles. The first-order chi connectivity index (χ1) is 17.6. The van der Waals surface area contributed by atoms with Crippen LogP contribution in [0.3, 0.4) is 0 Å². The molecular formula is C30H35N4OS. The normalized spacial score (nSPS) is 17.2. The number of carbonyl (C=O) groups excluding carboxylic acids is 1. The van der Waals surface area contributed by atoms with Gasteiger partial charge in [-0.2, -0.15) is 0 Å². The standard InChI is InChI=1S/C30H35N4OS/c1-23-8-11-26(32-30(35)34-17-5-2-6-18-34)21-28(23)25-14-19-33(20-15-25)22-24-9-12-27(13-10-24)36-29-7-3-4-16-31-29/h2-4,7-13,16,21,25H,5-6,14-15,17-20,22H2,1H3,(H,32,35). The molecule has 3 heterocycles. The number of benzene rings is 2. The monoisotopic (exact) mass is 499 g/mol. The number of rotatable bonds is 6. The van der Waals surface area contributed by atoms with Gasteiger partial charge in [-0.3, -0.25) is 4.90 Å². The number of aromatic nitrogens is 1. The highest BCUT2D eigenvalue weighted by molar-refractivity contribution is 7.99. The molecule has 187 valence electrons. The van der Waals surface area contributed by atoms with Gasteiger partial charge in [0.2, 0.25) is 0 Å². The average molecular weight is 500 g/mol. The van der Waals surface area contributed by atoms with Crippen LogP contribution in [0.25, 0.3) is 0 Å². The smallest absolute Gasteiger partial charge is 0.321 e. The van der Waals surface area contributed by atoms with Crippen LogP contribution in [0, 0.1) is 13.3 Å². The van der Waals surface area contributed by atoms with Crippen molar-refractivity contribution in [3.8, 4) is 0 Å². The van der Waals surface area contributed by atoms with Crippen molar-refractivity contribution in [3.63, 3.8) is 0 Å². The molecule has 2 aliphatic rings. The molecule has 1 radical (unpaired) electrons. The molecule has 1 aromatic heterocycles. The van der Waals surface area contributed by atoms with Gasteiger partial charge in [0.05, 0.1) is 0 Å². The lowest BCUT2D eigenvalue weighted by Gasteiger charge is -2.33. The number of nitrogens with one attached hydrogen (secondary N) is 1. The number of nitrogens with zero attached hydrogens (tertiary/aromatic N) is 3. The zero-order chi connectivity index (χ0) is 24.7. The van der Waals surface area contributed by atoms with Crippen LogP contribution in [0.1, 0.15) is 48.3 Å². The van der Waals surface area contributed by atoms with Gasteiger partial charge >= 0.3 is 6.03 Å². The van der Waals surface area contributed by atoms with E-state index < -0.39 is 0 Å². The largest absolute Gasteiger partial charge is 0.325 e. The Kier molecular flexibility index (Phi) is 8.24. The molecule has 0 saturated carbocycles. The highest BCUT2D eigenvalue weighted by atomic mass is 32.2. The van der Waals surface area contributed by atoms with Crippen molar-refractivity contribution in [1.29, 1.82) is 0 Å². The highest BCUT2D eigenvalue weighted by Gasteiger charge is 2.23. The van der Waals surface area contributed by atoms with E-state index in [2.05, 4.69) is 64.9 Å². The SMILES string of the molecule is Cc1ccc(NC(=O)N2CC[CH]CC2)cc1C1CCN(Cc2ccc(Sc3ccccn3)cc2)CC1. The van der Waals surface area contributed by atoms with Crippen LogP contribution >= 0.6 is 11.8 Å². The van der Waals surface area contributed by atoms with Gasteiger partial charge in [0.15, 0.2) is 0 Å². The number of urea groups is 1. The molecule has 2 aliphatic heterocycles. The molecule has 36 heavy (non-hydrogen) atoms. The predicted molar refractivity (Wildman–Crippen MR) is 147 cm³/mol. The first-order valence-corrected chi connectivity index (χ1v) is 13.8. The third-order valence-corrected chi connectivity index (χ3v) is 8.20. The maximum atomic E-state index is 12.7. The molecular weight excluding hydrogens is 464 g/mol. The minimum atomic E-state index is 0.0252. The molecule has 0 spiro atoms. The van der Waals surface area contributed by atoms with E-state index in [4.69, 9.17) is 0 Å². The lowest BCUT2D eigenvalue weighted by atomic mass is 9.86. The Labute approximate surface area is 219 Å². The summed E-state index contributed by atoms with van der Waals surface area (Å²) in [5.41, 5.74) is 4.98. The second kappa shape index (κ2) is 11.9. The van der Waals surface area contributed by atoms with Crippen molar-refractivity contribution >= 4 is 23.5 Å². The zero-order valence-corrected chi connectivity index (χ0v) is 21.8. The molecule has 0 atom stereocenters. The van der Waals surface area contributed by atoms with Crippen LogP contribution in [0.5, 0.6) is 0 Å². The summed E-state index contributed by atoms with van der Waals surface area (Å²) in [6, 6.07) is 21.3. The third-order valence-electron chi connectivity index (χ3n) is 7.24. The number of anilines is 1. The molecule has 2 amide bonds. The third kappa shape index (κ3) is 6.48. The summed E-state index contributed by atoms with van der Waals surface area (Å²) in [6.45, 7) is 7.00. The topological polar surface area (TPSA) is 48.5 Å². The summed E-state index contributed by atoms with van der Waals surface area (Å²) in [5.74, 6) is 0.542. The van der Waals surface area contributed by atoms with E-state index in [0.29, 0.717) is 5.92 Å². The molecule has 6 heteroatoms. The summed E-state index contributed by atoms with van der Waals surface area (Å²) >= 11 is 1.70. The van der Waals surface area contributed by atoms with Gasteiger partial charge in [0.1, 0.15) is 5.03 Å².